The fourth-order valence-corrected chi connectivity index (χ4v) is 9.09. The van der Waals surface area contributed by atoms with Crippen molar-refractivity contribution in [3.8, 4) is 11.1 Å². The number of unbranched alkanes of at least 4 members (excludes halogenated alkanes) is 11. The van der Waals surface area contributed by atoms with Crippen molar-refractivity contribution in [1.82, 2.24) is 0 Å². The molecule has 0 aliphatic heterocycles. The van der Waals surface area contributed by atoms with Gasteiger partial charge in [0, 0.05) is 6.08 Å². The molecule has 0 bridgehead atoms. The summed E-state index contributed by atoms with van der Waals surface area (Å²) >= 11 is 0. The number of rotatable bonds is 28. The minimum atomic E-state index is -0.309. The van der Waals surface area contributed by atoms with Crippen molar-refractivity contribution >= 4 is 28.7 Å². The summed E-state index contributed by atoms with van der Waals surface area (Å²) < 4.78 is 5.05. The SMILES string of the molecule is C=CC(=O)OCCCCCCCCCCC1CCC(c2ccc(-c3ccc(CCCCCCc4ccc(N=Nc5ccc(N=Nc6ccc(CCCC)cc6)cc5)cc4)cc3)cc2)CC1. The molecule has 5 aromatic rings. The van der Waals surface area contributed by atoms with E-state index in [1.54, 1.807) is 0 Å². The van der Waals surface area contributed by atoms with Gasteiger partial charge < -0.3 is 4.74 Å². The number of carbonyl (C=O) groups is 1. The Bertz CT molecular complexity index is 2150. The van der Waals surface area contributed by atoms with E-state index in [1.807, 2.05) is 36.4 Å². The van der Waals surface area contributed by atoms with Crippen LogP contribution in [0, 0.1) is 5.92 Å². The number of benzene rings is 5. The predicted molar refractivity (Wildman–Crippen MR) is 271 cm³/mol. The zero-order valence-corrected chi connectivity index (χ0v) is 39.4. The number of azo groups is 2. The average Bonchev–Trinajstić information content (AvgIpc) is 3.36. The summed E-state index contributed by atoms with van der Waals surface area (Å²) in [6, 6.07) is 43.3. The van der Waals surface area contributed by atoms with Crippen molar-refractivity contribution in [2.75, 3.05) is 6.61 Å². The first-order chi connectivity index (χ1) is 32.0. The standard InChI is InChI=1S/C59H74N4O2/c1-3-5-18-47-26-38-55(39-27-47)60-62-57-42-44-58(45-43-57)63-61-56-40-28-50(29-41-56)21-16-12-11-15-20-49-24-32-52(33-25-49)54-36-34-53(35-37-54)51-30-22-48(23-31-51)19-14-10-8-6-7-9-13-17-46-65-59(64)4-2/h4,24-29,32-45,48,51H,2-3,5-23,30-31,46H2,1H3. The number of aryl methyl sites for hydroxylation is 3. The first kappa shape index (κ1) is 49.0. The molecular formula is C59H74N4O2. The molecule has 0 saturated heterocycles. The van der Waals surface area contributed by atoms with Gasteiger partial charge in [0.2, 0.25) is 0 Å². The lowest BCUT2D eigenvalue weighted by atomic mass is 9.77. The monoisotopic (exact) mass is 871 g/mol. The maximum absolute atomic E-state index is 11.1. The smallest absolute Gasteiger partial charge is 0.330 e. The molecule has 1 saturated carbocycles. The Kier molecular flexibility index (Phi) is 21.4. The van der Waals surface area contributed by atoms with Gasteiger partial charge in [0.1, 0.15) is 0 Å². The van der Waals surface area contributed by atoms with E-state index >= 15 is 0 Å². The second kappa shape index (κ2) is 28.4. The zero-order chi connectivity index (χ0) is 45.2. The van der Waals surface area contributed by atoms with Crippen molar-refractivity contribution in [3.63, 3.8) is 0 Å². The van der Waals surface area contributed by atoms with Crippen LogP contribution in [-0.4, -0.2) is 12.6 Å². The highest BCUT2D eigenvalue weighted by Crippen LogP contribution is 2.38. The van der Waals surface area contributed by atoms with Crippen LogP contribution in [0.25, 0.3) is 11.1 Å². The summed E-state index contributed by atoms with van der Waals surface area (Å²) in [5.74, 6) is 1.33. The van der Waals surface area contributed by atoms with E-state index in [2.05, 4.69) is 119 Å². The van der Waals surface area contributed by atoms with E-state index in [0.29, 0.717) is 6.61 Å². The third-order valence-corrected chi connectivity index (χ3v) is 13.2. The molecule has 1 aliphatic rings. The van der Waals surface area contributed by atoms with Crippen LogP contribution in [0.2, 0.25) is 0 Å². The Labute approximate surface area is 391 Å². The van der Waals surface area contributed by atoms with Crippen LogP contribution in [0.5, 0.6) is 0 Å². The average molecular weight is 871 g/mol. The van der Waals surface area contributed by atoms with E-state index in [1.165, 1.54) is 149 Å². The van der Waals surface area contributed by atoms with Gasteiger partial charge in [-0.05, 0) is 164 Å². The van der Waals surface area contributed by atoms with E-state index < -0.39 is 0 Å². The number of hydrogen-bond donors (Lipinski definition) is 0. The van der Waals surface area contributed by atoms with E-state index in [9.17, 15) is 4.79 Å². The van der Waals surface area contributed by atoms with Gasteiger partial charge in [0.15, 0.2) is 0 Å². The molecule has 0 atom stereocenters. The molecule has 0 unspecified atom stereocenters. The van der Waals surface area contributed by atoms with Gasteiger partial charge in [0.05, 0.1) is 29.4 Å². The Morgan fingerprint density at radius 1 is 0.492 bits per heavy atom. The fraction of sp³-hybridized carbons (Fsp3) is 0.441. The highest BCUT2D eigenvalue weighted by atomic mass is 16.5. The maximum Gasteiger partial charge on any atom is 0.330 e. The van der Waals surface area contributed by atoms with E-state index in [-0.39, 0.29) is 5.97 Å². The summed E-state index contributed by atoms with van der Waals surface area (Å²) in [6.07, 6.45) is 28.9. The lowest BCUT2D eigenvalue weighted by Gasteiger charge is -2.29. The molecule has 6 rings (SSSR count). The Balaban J connectivity index is 0.790. The highest BCUT2D eigenvalue weighted by Gasteiger charge is 2.22. The number of esters is 1. The summed E-state index contributed by atoms with van der Waals surface area (Å²) in [5.41, 5.74) is 11.6. The van der Waals surface area contributed by atoms with Crippen LogP contribution >= 0.6 is 0 Å². The molecule has 342 valence electrons. The number of hydrogen-bond acceptors (Lipinski definition) is 6. The molecule has 65 heavy (non-hydrogen) atoms. The zero-order valence-electron chi connectivity index (χ0n) is 39.4. The van der Waals surface area contributed by atoms with Crippen molar-refractivity contribution in [2.24, 2.45) is 26.4 Å². The summed E-state index contributed by atoms with van der Waals surface area (Å²) in [6.45, 7) is 6.17. The highest BCUT2D eigenvalue weighted by molar-refractivity contribution is 5.81. The topological polar surface area (TPSA) is 75.7 Å². The molecule has 0 spiro atoms. The van der Waals surface area contributed by atoms with Gasteiger partial charge >= 0.3 is 5.97 Å². The van der Waals surface area contributed by atoms with Gasteiger partial charge in [-0.15, -0.1) is 0 Å². The van der Waals surface area contributed by atoms with Crippen LogP contribution in [0.4, 0.5) is 22.7 Å². The van der Waals surface area contributed by atoms with Crippen LogP contribution < -0.4 is 0 Å². The van der Waals surface area contributed by atoms with Crippen LogP contribution in [-0.2, 0) is 28.8 Å². The molecule has 1 fully saturated rings. The Hall–Kier alpha value is -5.49. The van der Waals surface area contributed by atoms with Gasteiger partial charge in [-0.1, -0.05) is 157 Å². The quantitative estimate of drug-likeness (QED) is 0.0217. The van der Waals surface area contributed by atoms with E-state index in [0.717, 1.165) is 66.7 Å². The normalized spacial score (nSPS) is 15.2. The Morgan fingerprint density at radius 3 is 1.34 bits per heavy atom. The summed E-state index contributed by atoms with van der Waals surface area (Å²) in [5, 5.41) is 17.6. The fourth-order valence-electron chi connectivity index (χ4n) is 9.09. The van der Waals surface area contributed by atoms with Crippen molar-refractivity contribution in [3.05, 3.63) is 156 Å². The Morgan fingerprint density at radius 2 is 0.877 bits per heavy atom. The lowest BCUT2D eigenvalue weighted by molar-refractivity contribution is -0.137. The van der Waals surface area contributed by atoms with E-state index in [4.69, 9.17) is 4.74 Å². The van der Waals surface area contributed by atoms with Crippen LogP contribution in [0.15, 0.2) is 154 Å². The minimum absolute atomic E-state index is 0.309. The number of carbonyl (C=O) groups excluding carboxylic acids is 1. The molecule has 5 aromatic carbocycles. The lowest BCUT2D eigenvalue weighted by Crippen LogP contribution is -2.13. The van der Waals surface area contributed by atoms with Crippen molar-refractivity contribution in [2.45, 2.75) is 154 Å². The molecule has 0 heterocycles. The molecule has 1 aliphatic carbocycles. The van der Waals surface area contributed by atoms with Crippen LogP contribution in [0.3, 0.4) is 0 Å². The predicted octanol–water partition coefficient (Wildman–Crippen LogP) is 18.4. The molecule has 0 amide bonds. The summed E-state index contributed by atoms with van der Waals surface area (Å²) in [7, 11) is 0. The maximum atomic E-state index is 11.1. The second-order valence-electron chi connectivity index (χ2n) is 18.3. The largest absolute Gasteiger partial charge is 0.463 e. The third kappa shape index (κ3) is 18.1. The van der Waals surface area contributed by atoms with Crippen molar-refractivity contribution < 1.29 is 9.53 Å². The van der Waals surface area contributed by atoms with Gasteiger partial charge in [-0.25, -0.2) is 4.79 Å². The number of ether oxygens (including phenoxy) is 1. The second-order valence-corrected chi connectivity index (χ2v) is 18.3. The first-order valence-electron chi connectivity index (χ1n) is 25.1. The van der Waals surface area contributed by atoms with Gasteiger partial charge in [-0.3, -0.25) is 0 Å². The van der Waals surface area contributed by atoms with Gasteiger partial charge in [0.25, 0.3) is 0 Å². The van der Waals surface area contributed by atoms with Gasteiger partial charge in [-0.2, -0.15) is 20.5 Å². The molecule has 6 nitrogen and oxygen atoms in total. The minimum Gasteiger partial charge on any atom is -0.463 e. The molecule has 0 N–H and O–H groups in total. The molecule has 0 radical (unpaired) electrons. The first-order valence-corrected chi connectivity index (χ1v) is 25.1. The van der Waals surface area contributed by atoms with Crippen LogP contribution in [0.1, 0.15) is 157 Å². The molecule has 0 aromatic heterocycles. The summed E-state index contributed by atoms with van der Waals surface area (Å²) in [4.78, 5) is 11.1. The van der Waals surface area contributed by atoms with Crippen molar-refractivity contribution in [1.29, 1.82) is 0 Å². The third-order valence-electron chi connectivity index (χ3n) is 13.2. The number of nitrogens with zero attached hydrogens (tertiary/aromatic N) is 4. The molecule has 6 heteroatoms. The molecular weight excluding hydrogens is 797 g/mol.